The van der Waals surface area contributed by atoms with Crippen LogP contribution in [0, 0.1) is 0 Å². The third-order valence-electron chi connectivity index (χ3n) is 2.52. The lowest BCUT2D eigenvalue weighted by atomic mass is 10.1. The molecule has 0 saturated carbocycles. The molecule has 0 aliphatic rings. The number of thiazole rings is 1. The molecular weight excluding hydrogens is 275 g/mol. The van der Waals surface area contributed by atoms with Gasteiger partial charge in [-0.15, -0.1) is 11.3 Å². The minimum absolute atomic E-state index is 0.0804. The predicted octanol–water partition coefficient (Wildman–Crippen LogP) is 3.75. The molecule has 0 amide bonds. The molecule has 1 unspecified atom stereocenters. The van der Waals surface area contributed by atoms with Gasteiger partial charge in [0.15, 0.2) is 0 Å². The molecule has 0 aliphatic heterocycles. The highest BCUT2D eigenvalue weighted by Gasteiger charge is 2.33. The van der Waals surface area contributed by atoms with Crippen LogP contribution in [0.15, 0.2) is 29.6 Å². The van der Waals surface area contributed by atoms with Gasteiger partial charge in [-0.05, 0) is 13.0 Å². The molecule has 1 aromatic heterocycles. The van der Waals surface area contributed by atoms with Crippen molar-refractivity contribution in [3.8, 4) is 10.6 Å². The van der Waals surface area contributed by atoms with E-state index in [0.717, 1.165) is 17.4 Å². The van der Waals surface area contributed by atoms with Gasteiger partial charge in [-0.25, -0.2) is 4.98 Å². The van der Waals surface area contributed by atoms with E-state index in [1.54, 1.807) is 18.4 Å². The van der Waals surface area contributed by atoms with Crippen molar-refractivity contribution < 1.29 is 18.3 Å². The smallest absolute Gasteiger partial charge is 0.393 e. The van der Waals surface area contributed by atoms with Crippen molar-refractivity contribution in [3.63, 3.8) is 0 Å². The van der Waals surface area contributed by atoms with Gasteiger partial charge in [-0.2, -0.15) is 13.2 Å². The minimum Gasteiger partial charge on any atom is -0.393 e. The molecule has 1 N–H and O–H groups in total. The fourth-order valence-electron chi connectivity index (χ4n) is 1.74. The fraction of sp³-hybridized carbons (Fsp3) is 0.308. The monoisotopic (exact) mass is 287 g/mol. The van der Waals surface area contributed by atoms with E-state index >= 15 is 0 Å². The zero-order valence-electron chi connectivity index (χ0n) is 10.1. The van der Waals surface area contributed by atoms with Crippen molar-refractivity contribution >= 4 is 11.3 Å². The molecule has 6 heteroatoms. The number of aliphatic hydroxyl groups is 1. The number of aromatic nitrogens is 1. The predicted molar refractivity (Wildman–Crippen MR) is 67.9 cm³/mol. The van der Waals surface area contributed by atoms with Gasteiger partial charge in [0.05, 0.1) is 17.4 Å². The third-order valence-corrected chi connectivity index (χ3v) is 3.44. The normalized spacial score (nSPS) is 13.5. The summed E-state index contributed by atoms with van der Waals surface area (Å²) in [5.74, 6) is 0. The van der Waals surface area contributed by atoms with Gasteiger partial charge in [-0.3, -0.25) is 0 Å². The van der Waals surface area contributed by atoms with Crippen molar-refractivity contribution in [2.45, 2.75) is 25.6 Å². The fourth-order valence-corrected chi connectivity index (χ4v) is 2.62. The molecule has 0 radical (unpaired) electrons. The van der Waals surface area contributed by atoms with Crippen molar-refractivity contribution in [1.29, 1.82) is 0 Å². The van der Waals surface area contributed by atoms with Crippen LogP contribution in [-0.4, -0.2) is 16.2 Å². The van der Waals surface area contributed by atoms with Crippen molar-refractivity contribution in [3.05, 3.63) is 40.9 Å². The number of benzene rings is 1. The summed E-state index contributed by atoms with van der Waals surface area (Å²) < 4.78 is 38.7. The Hall–Kier alpha value is -1.40. The molecule has 2 aromatic rings. The number of alkyl halides is 3. The number of rotatable bonds is 3. The van der Waals surface area contributed by atoms with Crippen LogP contribution >= 0.6 is 11.3 Å². The Morgan fingerprint density at radius 2 is 2.00 bits per heavy atom. The molecule has 19 heavy (non-hydrogen) atoms. The lowest BCUT2D eigenvalue weighted by Crippen LogP contribution is -2.07. The highest BCUT2D eigenvalue weighted by atomic mass is 32.1. The molecule has 0 spiro atoms. The average Bonchev–Trinajstić information content (AvgIpc) is 2.75. The van der Waals surface area contributed by atoms with Gasteiger partial charge in [-0.1, -0.05) is 18.2 Å². The van der Waals surface area contributed by atoms with Gasteiger partial charge >= 0.3 is 6.18 Å². The molecular formula is C13H12F3NOS. The van der Waals surface area contributed by atoms with Crippen LogP contribution in [-0.2, 0) is 12.6 Å². The summed E-state index contributed by atoms with van der Waals surface area (Å²) in [5.41, 5.74) is -0.00299. The Morgan fingerprint density at radius 1 is 1.32 bits per heavy atom. The second kappa shape index (κ2) is 5.30. The summed E-state index contributed by atoms with van der Waals surface area (Å²) in [4.78, 5) is 4.15. The van der Waals surface area contributed by atoms with Crippen LogP contribution in [0.25, 0.3) is 10.6 Å². The van der Waals surface area contributed by atoms with E-state index < -0.39 is 17.8 Å². The molecule has 2 nitrogen and oxygen atoms in total. The SMILES string of the molecule is CC(O)Cc1csc(-c2ccccc2C(F)(F)F)n1. The summed E-state index contributed by atoms with van der Waals surface area (Å²) in [6, 6.07) is 5.37. The van der Waals surface area contributed by atoms with Crippen molar-refractivity contribution in [2.24, 2.45) is 0 Å². The number of hydrogen-bond acceptors (Lipinski definition) is 3. The first-order chi connectivity index (χ1) is 8.88. The van der Waals surface area contributed by atoms with Crippen LogP contribution in [0.3, 0.4) is 0 Å². The average molecular weight is 287 g/mol. The summed E-state index contributed by atoms with van der Waals surface area (Å²) in [6.45, 7) is 1.61. The maximum absolute atomic E-state index is 12.9. The van der Waals surface area contributed by atoms with Gasteiger partial charge in [0.25, 0.3) is 0 Å². The minimum atomic E-state index is -4.40. The van der Waals surface area contributed by atoms with E-state index in [-0.39, 0.29) is 5.56 Å². The summed E-state index contributed by atoms with van der Waals surface area (Å²) in [5, 5.41) is 11.3. The van der Waals surface area contributed by atoms with Crippen LogP contribution in [0.1, 0.15) is 18.2 Å². The van der Waals surface area contributed by atoms with Crippen LogP contribution in [0.2, 0.25) is 0 Å². The summed E-state index contributed by atoms with van der Waals surface area (Å²) in [7, 11) is 0. The summed E-state index contributed by atoms with van der Waals surface area (Å²) in [6.07, 6.45) is -4.62. The molecule has 1 heterocycles. The maximum Gasteiger partial charge on any atom is 0.417 e. The highest BCUT2D eigenvalue weighted by Crippen LogP contribution is 2.37. The lowest BCUT2D eigenvalue weighted by molar-refractivity contribution is -0.137. The maximum atomic E-state index is 12.9. The summed E-state index contributed by atoms with van der Waals surface area (Å²) >= 11 is 1.15. The molecule has 0 bridgehead atoms. The molecule has 0 saturated heterocycles. The number of halogens is 3. The molecule has 1 atom stereocenters. The lowest BCUT2D eigenvalue weighted by Gasteiger charge is -2.10. The Labute approximate surface area is 112 Å². The van der Waals surface area contributed by atoms with E-state index in [0.29, 0.717) is 17.1 Å². The Balaban J connectivity index is 2.39. The van der Waals surface area contributed by atoms with Crippen LogP contribution < -0.4 is 0 Å². The van der Waals surface area contributed by atoms with Crippen LogP contribution in [0.5, 0.6) is 0 Å². The van der Waals surface area contributed by atoms with E-state index in [1.165, 1.54) is 12.1 Å². The first-order valence-corrected chi connectivity index (χ1v) is 6.55. The second-order valence-electron chi connectivity index (χ2n) is 4.24. The second-order valence-corrected chi connectivity index (χ2v) is 5.10. The number of hydrogen-bond donors (Lipinski definition) is 1. The first-order valence-electron chi connectivity index (χ1n) is 5.67. The standard InChI is InChI=1S/C13H12F3NOS/c1-8(18)6-9-7-19-12(17-9)10-4-2-3-5-11(10)13(14,15)16/h2-5,7-8,18H,6H2,1H3. The van der Waals surface area contributed by atoms with Crippen molar-refractivity contribution in [2.75, 3.05) is 0 Å². The molecule has 2 rings (SSSR count). The van der Waals surface area contributed by atoms with E-state index in [4.69, 9.17) is 0 Å². The van der Waals surface area contributed by atoms with Gasteiger partial charge in [0, 0.05) is 17.4 Å². The number of nitrogens with zero attached hydrogens (tertiary/aromatic N) is 1. The Morgan fingerprint density at radius 3 is 2.63 bits per heavy atom. The molecule has 102 valence electrons. The van der Waals surface area contributed by atoms with Gasteiger partial charge < -0.3 is 5.11 Å². The van der Waals surface area contributed by atoms with E-state index in [1.807, 2.05) is 0 Å². The first kappa shape index (κ1) is 14.0. The van der Waals surface area contributed by atoms with E-state index in [2.05, 4.69) is 4.98 Å². The van der Waals surface area contributed by atoms with Gasteiger partial charge in [0.1, 0.15) is 5.01 Å². The van der Waals surface area contributed by atoms with Crippen molar-refractivity contribution in [1.82, 2.24) is 4.98 Å². The van der Waals surface area contributed by atoms with E-state index in [9.17, 15) is 18.3 Å². The molecule has 0 aliphatic carbocycles. The van der Waals surface area contributed by atoms with Gasteiger partial charge in [0.2, 0.25) is 0 Å². The zero-order valence-corrected chi connectivity index (χ0v) is 10.9. The number of aliphatic hydroxyl groups excluding tert-OH is 1. The van der Waals surface area contributed by atoms with Crippen LogP contribution in [0.4, 0.5) is 13.2 Å². The Kier molecular flexibility index (Phi) is 3.91. The highest BCUT2D eigenvalue weighted by molar-refractivity contribution is 7.13. The zero-order chi connectivity index (χ0) is 14.0. The topological polar surface area (TPSA) is 33.1 Å². The Bertz CT molecular complexity index is 563. The quantitative estimate of drug-likeness (QED) is 0.932. The largest absolute Gasteiger partial charge is 0.417 e. The molecule has 1 aromatic carbocycles. The molecule has 0 fully saturated rings. The third kappa shape index (κ3) is 3.33.